The molecule has 0 aromatic carbocycles. The standard InChI is InChI=1S/C10H14F2N2S/c1-6-8(9(11)12)15-10(14-6)7-2-4-13-5-3-7/h7,9,13H,2-5H2,1H3. The molecule has 0 saturated carbocycles. The summed E-state index contributed by atoms with van der Waals surface area (Å²) in [6.45, 7) is 3.60. The number of rotatable bonds is 2. The fourth-order valence-corrected chi connectivity index (χ4v) is 2.97. The van der Waals surface area contributed by atoms with Crippen molar-refractivity contribution in [1.29, 1.82) is 0 Å². The lowest BCUT2D eigenvalue weighted by atomic mass is 9.99. The average molecular weight is 232 g/mol. The minimum atomic E-state index is -2.38. The van der Waals surface area contributed by atoms with Crippen LogP contribution in [-0.4, -0.2) is 18.1 Å². The first-order valence-corrected chi connectivity index (χ1v) is 5.96. The second-order valence-corrected chi connectivity index (χ2v) is 4.89. The van der Waals surface area contributed by atoms with Gasteiger partial charge >= 0.3 is 0 Å². The van der Waals surface area contributed by atoms with E-state index in [1.54, 1.807) is 6.92 Å². The maximum absolute atomic E-state index is 12.6. The summed E-state index contributed by atoms with van der Waals surface area (Å²) in [7, 11) is 0. The molecular weight excluding hydrogens is 218 g/mol. The largest absolute Gasteiger partial charge is 0.317 e. The number of alkyl halides is 2. The van der Waals surface area contributed by atoms with E-state index < -0.39 is 6.43 Å². The molecule has 15 heavy (non-hydrogen) atoms. The molecule has 1 saturated heterocycles. The van der Waals surface area contributed by atoms with Gasteiger partial charge in [-0.05, 0) is 32.9 Å². The molecule has 0 atom stereocenters. The Hall–Kier alpha value is -0.550. The molecule has 0 unspecified atom stereocenters. The number of nitrogens with one attached hydrogen (secondary N) is 1. The Balaban J connectivity index is 2.17. The van der Waals surface area contributed by atoms with Crippen molar-refractivity contribution in [3.8, 4) is 0 Å². The van der Waals surface area contributed by atoms with Gasteiger partial charge in [0.15, 0.2) is 0 Å². The highest BCUT2D eigenvalue weighted by molar-refractivity contribution is 7.11. The molecule has 1 aromatic rings. The zero-order valence-corrected chi connectivity index (χ0v) is 9.41. The Morgan fingerprint density at radius 1 is 1.40 bits per heavy atom. The third-order valence-corrected chi connectivity index (χ3v) is 4.06. The molecular formula is C10H14F2N2S. The highest BCUT2D eigenvalue weighted by atomic mass is 32.1. The molecule has 1 aromatic heterocycles. The number of thiazole rings is 1. The van der Waals surface area contributed by atoms with Crippen LogP contribution in [0.4, 0.5) is 8.78 Å². The van der Waals surface area contributed by atoms with Crippen molar-refractivity contribution >= 4 is 11.3 Å². The lowest BCUT2D eigenvalue weighted by molar-refractivity contribution is 0.154. The number of aromatic nitrogens is 1. The molecule has 5 heteroatoms. The van der Waals surface area contributed by atoms with Crippen LogP contribution in [-0.2, 0) is 0 Å². The molecule has 1 N–H and O–H groups in total. The molecule has 1 fully saturated rings. The van der Waals surface area contributed by atoms with E-state index in [1.807, 2.05) is 0 Å². The SMILES string of the molecule is Cc1nc(C2CCNCC2)sc1C(F)F. The summed E-state index contributed by atoms with van der Waals surface area (Å²) in [6, 6.07) is 0. The van der Waals surface area contributed by atoms with Gasteiger partial charge in [-0.15, -0.1) is 11.3 Å². The predicted octanol–water partition coefficient (Wildman–Crippen LogP) is 2.86. The molecule has 0 radical (unpaired) electrons. The van der Waals surface area contributed by atoms with Crippen LogP contribution in [0.25, 0.3) is 0 Å². The van der Waals surface area contributed by atoms with E-state index in [9.17, 15) is 8.78 Å². The van der Waals surface area contributed by atoms with Crippen molar-refractivity contribution in [3.63, 3.8) is 0 Å². The smallest absolute Gasteiger partial charge is 0.274 e. The zero-order valence-electron chi connectivity index (χ0n) is 8.59. The molecule has 0 aliphatic carbocycles. The summed E-state index contributed by atoms with van der Waals surface area (Å²) < 4.78 is 25.1. The van der Waals surface area contributed by atoms with Gasteiger partial charge in [-0.25, -0.2) is 13.8 Å². The first-order valence-electron chi connectivity index (χ1n) is 5.14. The van der Waals surface area contributed by atoms with E-state index in [1.165, 1.54) is 11.3 Å². The van der Waals surface area contributed by atoms with Crippen molar-refractivity contribution < 1.29 is 8.78 Å². The van der Waals surface area contributed by atoms with Crippen LogP contribution in [0, 0.1) is 6.92 Å². The maximum Gasteiger partial charge on any atom is 0.274 e. The number of halogens is 2. The quantitative estimate of drug-likeness (QED) is 0.848. The summed E-state index contributed by atoms with van der Waals surface area (Å²) >= 11 is 1.19. The predicted molar refractivity (Wildman–Crippen MR) is 56.7 cm³/mol. The molecule has 2 nitrogen and oxygen atoms in total. The number of piperidine rings is 1. The third-order valence-electron chi connectivity index (χ3n) is 2.74. The van der Waals surface area contributed by atoms with Gasteiger partial charge < -0.3 is 5.32 Å². The van der Waals surface area contributed by atoms with Crippen molar-refractivity contribution in [1.82, 2.24) is 10.3 Å². The van der Waals surface area contributed by atoms with Crippen LogP contribution in [0.15, 0.2) is 0 Å². The molecule has 2 heterocycles. The Labute approximate surface area is 91.7 Å². The first kappa shape index (κ1) is 11.0. The topological polar surface area (TPSA) is 24.9 Å². The number of aryl methyl sites for hydroxylation is 1. The summed E-state index contributed by atoms with van der Waals surface area (Å²) in [5.41, 5.74) is 0.503. The molecule has 1 aliphatic heterocycles. The van der Waals surface area contributed by atoms with Gasteiger partial charge in [0.2, 0.25) is 0 Å². The zero-order chi connectivity index (χ0) is 10.8. The second-order valence-electron chi connectivity index (χ2n) is 3.83. The van der Waals surface area contributed by atoms with Gasteiger partial charge in [-0.2, -0.15) is 0 Å². The van der Waals surface area contributed by atoms with Gasteiger partial charge in [-0.3, -0.25) is 0 Å². The lowest BCUT2D eigenvalue weighted by Gasteiger charge is -2.20. The van der Waals surface area contributed by atoms with Gasteiger partial charge in [-0.1, -0.05) is 0 Å². The minimum absolute atomic E-state index is 0.142. The summed E-state index contributed by atoms with van der Waals surface area (Å²) in [5.74, 6) is 0.377. The van der Waals surface area contributed by atoms with E-state index in [4.69, 9.17) is 0 Å². The van der Waals surface area contributed by atoms with Crippen molar-refractivity contribution in [2.24, 2.45) is 0 Å². The first-order chi connectivity index (χ1) is 7.18. The number of hydrogen-bond donors (Lipinski definition) is 1. The summed E-state index contributed by atoms with van der Waals surface area (Å²) in [6.07, 6.45) is -0.358. The monoisotopic (exact) mass is 232 g/mol. The van der Waals surface area contributed by atoms with Crippen LogP contribution >= 0.6 is 11.3 Å². The Morgan fingerprint density at radius 3 is 2.60 bits per heavy atom. The fraction of sp³-hybridized carbons (Fsp3) is 0.700. The van der Waals surface area contributed by atoms with Crippen LogP contribution in [0.2, 0.25) is 0 Å². The van der Waals surface area contributed by atoms with Gasteiger partial charge in [0.1, 0.15) is 0 Å². The van der Waals surface area contributed by atoms with Crippen molar-refractivity contribution in [2.45, 2.75) is 32.1 Å². The third kappa shape index (κ3) is 2.34. The van der Waals surface area contributed by atoms with Crippen molar-refractivity contribution in [3.05, 3.63) is 15.6 Å². The Morgan fingerprint density at radius 2 is 2.07 bits per heavy atom. The summed E-state index contributed by atoms with van der Waals surface area (Å²) in [4.78, 5) is 4.41. The summed E-state index contributed by atoms with van der Waals surface area (Å²) in [5, 5.41) is 4.15. The van der Waals surface area contributed by atoms with Crippen LogP contribution in [0.5, 0.6) is 0 Å². The molecule has 0 amide bonds. The normalized spacial score (nSPS) is 18.7. The highest BCUT2D eigenvalue weighted by Gasteiger charge is 2.22. The highest BCUT2D eigenvalue weighted by Crippen LogP contribution is 2.35. The minimum Gasteiger partial charge on any atom is -0.317 e. The number of nitrogens with zero attached hydrogens (tertiary/aromatic N) is 1. The molecule has 0 spiro atoms. The average Bonchev–Trinajstić information content (AvgIpc) is 2.62. The van der Waals surface area contributed by atoms with Gasteiger partial charge in [0, 0.05) is 5.92 Å². The van der Waals surface area contributed by atoms with E-state index >= 15 is 0 Å². The Bertz CT molecular complexity index is 332. The van der Waals surface area contributed by atoms with E-state index in [-0.39, 0.29) is 4.88 Å². The van der Waals surface area contributed by atoms with Gasteiger partial charge in [0.25, 0.3) is 6.43 Å². The molecule has 0 bridgehead atoms. The van der Waals surface area contributed by atoms with Crippen LogP contribution in [0.3, 0.4) is 0 Å². The van der Waals surface area contributed by atoms with E-state index in [2.05, 4.69) is 10.3 Å². The Kier molecular flexibility index (Phi) is 3.31. The number of hydrogen-bond acceptors (Lipinski definition) is 3. The van der Waals surface area contributed by atoms with Crippen molar-refractivity contribution in [2.75, 3.05) is 13.1 Å². The fourth-order valence-electron chi connectivity index (χ4n) is 1.88. The lowest BCUT2D eigenvalue weighted by Crippen LogP contribution is -2.26. The molecule has 2 rings (SSSR count). The molecule has 84 valence electrons. The second kappa shape index (κ2) is 4.53. The van der Waals surface area contributed by atoms with Crippen LogP contribution < -0.4 is 5.32 Å². The molecule has 1 aliphatic rings. The van der Waals surface area contributed by atoms with Crippen LogP contribution in [0.1, 0.15) is 40.8 Å². The van der Waals surface area contributed by atoms with Gasteiger partial charge in [0.05, 0.1) is 15.6 Å². The maximum atomic E-state index is 12.6. The van der Waals surface area contributed by atoms with E-state index in [0.717, 1.165) is 30.9 Å². The van der Waals surface area contributed by atoms with E-state index in [0.29, 0.717) is 11.6 Å².